The highest BCUT2D eigenvalue weighted by Crippen LogP contribution is 2.36. The number of nitrogens with two attached hydrogens (primary N) is 2. The number of nitrogens with zero attached hydrogens (tertiary/aromatic N) is 2. The van der Waals surface area contributed by atoms with Gasteiger partial charge in [-0.25, -0.2) is 0 Å². The summed E-state index contributed by atoms with van der Waals surface area (Å²) in [5.41, 5.74) is 12.8. The maximum Gasteiger partial charge on any atom is 0.255 e. The fourth-order valence-corrected chi connectivity index (χ4v) is 3.49. The lowest BCUT2D eigenvalue weighted by molar-refractivity contribution is -0.137. The third-order valence-electron chi connectivity index (χ3n) is 4.64. The zero-order valence-electron chi connectivity index (χ0n) is 15.4. The van der Waals surface area contributed by atoms with E-state index in [0.717, 1.165) is 24.1 Å². The number of hydrogen-bond acceptors (Lipinski definition) is 6. The standard InChI is InChI=1S/C18H26ClN5O2/c1-12-7-14(19)10-23-16(12)18(26-3)5-4-6-24(11-18)17(25)13(9-20)8-15(21)22-2/h7-10,22H,4-6,11,20-21H2,1-3H3/b13-9+,15-8+. The molecule has 1 unspecified atom stereocenters. The van der Waals surface area contributed by atoms with Gasteiger partial charge in [-0.1, -0.05) is 11.6 Å². The summed E-state index contributed by atoms with van der Waals surface area (Å²) in [7, 11) is 3.32. The molecule has 0 radical (unpaired) electrons. The van der Waals surface area contributed by atoms with Crippen molar-refractivity contribution in [3.8, 4) is 0 Å². The van der Waals surface area contributed by atoms with Gasteiger partial charge in [0.1, 0.15) is 5.60 Å². The molecule has 1 aromatic heterocycles. The normalized spacial score (nSPS) is 21.6. The number of ether oxygens (including phenoxy) is 1. The van der Waals surface area contributed by atoms with Crippen molar-refractivity contribution in [3.05, 3.63) is 52.2 Å². The average molecular weight is 380 g/mol. The molecule has 5 N–H and O–H groups in total. The van der Waals surface area contributed by atoms with Crippen molar-refractivity contribution in [1.82, 2.24) is 15.2 Å². The van der Waals surface area contributed by atoms with Gasteiger partial charge < -0.3 is 26.4 Å². The zero-order valence-corrected chi connectivity index (χ0v) is 16.1. The maximum atomic E-state index is 12.9. The molecular weight excluding hydrogens is 354 g/mol. The fraction of sp³-hybridized carbons (Fsp3) is 0.444. The minimum absolute atomic E-state index is 0.196. The van der Waals surface area contributed by atoms with Crippen LogP contribution in [-0.2, 0) is 15.1 Å². The van der Waals surface area contributed by atoms with Crippen LogP contribution in [0.2, 0.25) is 5.02 Å². The number of methoxy groups -OCH3 is 1. The van der Waals surface area contributed by atoms with E-state index >= 15 is 0 Å². The summed E-state index contributed by atoms with van der Waals surface area (Å²) in [5, 5.41) is 3.35. The van der Waals surface area contributed by atoms with E-state index < -0.39 is 5.60 Å². The largest absolute Gasteiger partial charge is 0.404 e. The third kappa shape index (κ3) is 4.11. The molecule has 26 heavy (non-hydrogen) atoms. The summed E-state index contributed by atoms with van der Waals surface area (Å²) < 4.78 is 5.88. The summed E-state index contributed by atoms with van der Waals surface area (Å²) in [6.07, 6.45) is 5.94. The van der Waals surface area contributed by atoms with Gasteiger partial charge in [0.15, 0.2) is 0 Å². The molecule has 1 fully saturated rings. The molecule has 1 atom stereocenters. The van der Waals surface area contributed by atoms with Crippen molar-refractivity contribution in [1.29, 1.82) is 0 Å². The van der Waals surface area contributed by atoms with Crippen molar-refractivity contribution >= 4 is 17.5 Å². The molecule has 0 saturated carbocycles. The van der Waals surface area contributed by atoms with Gasteiger partial charge in [-0.3, -0.25) is 9.78 Å². The van der Waals surface area contributed by atoms with Crippen molar-refractivity contribution in [3.63, 3.8) is 0 Å². The predicted molar refractivity (Wildman–Crippen MR) is 102 cm³/mol. The Morgan fingerprint density at radius 3 is 2.85 bits per heavy atom. The summed E-state index contributed by atoms with van der Waals surface area (Å²) in [4.78, 5) is 19.1. The van der Waals surface area contributed by atoms with E-state index in [9.17, 15) is 4.79 Å². The van der Waals surface area contributed by atoms with Crippen LogP contribution in [-0.4, -0.2) is 43.0 Å². The molecule has 0 bridgehead atoms. The van der Waals surface area contributed by atoms with Gasteiger partial charge in [0.2, 0.25) is 0 Å². The van der Waals surface area contributed by atoms with Crippen molar-refractivity contribution < 1.29 is 9.53 Å². The Balaban J connectivity index is 2.32. The molecule has 0 aromatic carbocycles. The number of pyridine rings is 1. The van der Waals surface area contributed by atoms with E-state index in [0.29, 0.717) is 29.5 Å². The lowest BCUT2D eigenvalue weighted by atomic mass is 9.86. The number of halogens is 1. The van der Waals surface area contributed by atoms with E-state index in [-0.39, 0.29) is 5.91 Å². The van der Waals surface area contributed by atoms with Crippen LogP contribution in [0, 0.1) is 6.92 Å². The molecule has 2 rings (SSSR count). The second-order valence-corrected chi connectivity index (χ2v) is 6.76. The van der Waals surface area contributed by atoms with Gasteiger partial charge in [-0.15, -0.1) is 0 Å². The molecule has 142 valence electrons. The van der Waals surface area contributed by atoms with E-state index in [1.165, 1.54) is 12.3 Å². The molecule has 0 spiro atoms. The first kappa shape index (κ1) is 20.1. The van der Waals surface area contributed by atoms with Crippen LogP contribution in [0.5, 0.6) is 0 Å². The van der Waals surface area contributed by atoms with Gasteiger partial charge in [0, 0.05) is 33.1 Å². The Bertz CT molecular complexity index is 734. The lowest BCUT2D eigenvalue weighted by Gasteiger charge is -2.42. The number of hydrogen-bond donors (Lipinski definition) is 3. The first-order valence-corrected chi connectivity index (χ1v) is 8.78. The smallest absolute Gasteiger partial charge is 0.255 e. The average Bonchev–Trinajstić information content (AvgIpc) is 2.65. The number of piperidine rings is 1. The number of nitrogens with one attached hydrogen (secondary N) is 1. The van der Waals surface area contributed by atoms with Crippen LogP contribution in [0.25, 0.3) is 0 Å². The summed E-state index contributed by atoms with van der Waals surface area (Å²) in [6, 6.07) is 1.85. The lowest BCUT2D eigenvalue weighted by Crippen LogP contribution is -2.50. The Kier molecular flexibility index (Phi) is 6.50. The molecule has 1 aromatic rings. The monoisotopic (exact) mass is 379 g/mol. The molecule has 2 heterocycles. The highest BCUT2D eigenvalue weighted by Gasteiger charge is 2.41. The number of rotatable bonds is 5. The number of aryl methyl sites for hydroxylation is 1. The fourth-order valence-electron chi connectivity index (χ4n) is 3.27. The van der Waals surface area contributed by atoms with Crippen molar-refractivity contribution in [2.75, 3.05) is 27.2 Å². The van der Waals surface area contributed by atoms with E-state index in [2.05, 4.69) is 10.3 Å². The SMILES string of the molecule is CN/C(N)=C/C(=C\N)C(=O)N1CCCC(OC)(c2ncc(Cl)cc2C)C1. The van der Waals surface area contributed by atoms with E-state index in [1.807, 2.05) is 13.0 Å². The van der Waals surface area contributed by atoms with Crippen LogP contribution < -0.4 is 16.8 Å². The van der Waals surface area contributed by atoms with Gasteiger partial charge >= 0.3 is 0 Å². The van der Waals surface area contributed by atoms with Crippen LogP contribution in [0.3, 0.4) is 0 Å². The summed E-state index contributed by atoms with van der Waals surface area (Å²) in [6.45, 7) is 2.93. The molecule has 1 saturated heterocycles. The maximum absolute atomic E-state index is 12.9. The molecule has 1 aliphatic rings. The summed E-state index contributed by atoms with van der Waals surface area (Å²) in [5.74, 6) is 0.165. The van der Waals surface area contributed by atoms with Gasteiger partial charge in [-0.05, 0) is 37.5 Å². The van der Waals surface area contributed by atoms with Crippen molar-refractivity contribution in [2.45, 2.75) is 25.4 Å². The van der Waals surface area contributed by atoms with Crippen LogP contribution in [0.4, 0.5) is 0 Å². The number of carbonyl (C=O) groups excluding carboxylic acids is 1. The van der Waals surface area contributed by atoms with E-state index in [4.69, 9.17) is 27.8 Å². The predicted octanol–water partition coefficient (Wildman–Crippen LogP) is 1.37. The Labute approximate surface area is 159 Å². The third-order valence-corrected chi connectivity index (χ3v) is 4.84. The zero-order chi connectivity index (χ0) is 19.3. The van der Waals surface area contributed by atoms with Gasteiger partial charge in [0.25, 0.3) is 5.91 Å². The molecule has 0 aliphatic carbocycles. The first-order chi connectivity index (χ1) is 12.4. The minimum Gasteiger partial charge on any atom is -0.404 e. The Morgan fingerprint density at radius 1 is 1.54 bits per heavy atom. The van der Waals surface area contributed by atoms with Crippen molar-refractivity contribution in [2.24, 2.45) is 11.5 Å². The second kappa shape index (κ2) is 8.42. The van der Waals surface area contributed by atoms with Crippen LogP contribution in [0.15, 0.2) is 35.9 Å². The Hall–Kier alpha value is -2.25. The molecule has 1 aliphatic heterocycles. The molecule has 8 heteroatoms. The van der Waals surface area contributed by atoms with E-state index in [1.54, 1.807) is 25.3 Å². The number of carbonyl (C=O) groups is 1. The highest BCUT2D eigenvalue weighted by atomic mass is 35.5. The number of aromatic nitrogens is 1. The first-order valence-electron chi connectivity index (χ1n) is 8.40. The second-order valence-electron chi connectivity index (χ2n) is 6.32. The highest BCUT2D eigenvalue weighted by molar-refractivity contribution is 6.30. The molecular formula is C18H26ClN5O2. The summed E-state index contributed by atoms with van der Waals surface area (Å²) >= 11 is 6.03. The van der Waals surface area contributed by atoms with Gasteiger partial charge in [0.05, 0.1) is 28.7 Å². The van der Waals surface area contributed by atoms with Crippen LogP contribution in [0.1, 0.15) is 24.1 Å². The number of likely N-dealkylation sites (tertiary alicyclic amines) is 1. The minimum atomic E-state index is -0.680. The molecule has 1 amide bonds. The van der Waals surface area contributed by atoms with Gasteiger partial charge in [-0.2, -0.15) is 0 Å². The quantitative estimate of drug-likeness (QED) is 0.527. The Morgan fingerprint density at radius 2 is 2.27 bits per heavy atom. The number of amides is 1. The molecule has 7 nitrogen and oxygen atoms in total. The topological polar surface area (TPSA) is 106 Å². The van der Waals surface area contributed by atoms with Crippen LogP contribution >= 0.6 is 11.6 Å².